The summed E-state index contributed by atoms with van der Waals surface area (Å²) >= 11 is 1.37. The zero-order chi connectivity index (χ0) is 18.1. The second kappa shape index (κ2) is 6.92. The molecule has 1 aliphatic heterocycles. The van der Waals surface area contributed by atoms with Gasteiger partial charge in [0.05, 0.1) is 4.91 Å². The van der Waals surface area contributed by atoms with Gasteiger partial charge in [0.1, 0.15) is 12.0 Å². The summed E-state index contributed by atoms with van der Waals surface area (Å²) in [4.78, 5) is 32.2. The molecule has 0 saturated carbocycles. The largest absolute Gasteiger partial charge is 0.508 e. The van der Waals surface area contributed by atoms with Gasteiger partial charge in [-0.3, -0.25) is 9.36 Å². The average Bonchev–Trinajstić information content (AvgIpc) is 2.42. The van der Waals surface area contributed by atoms with E-state index in [9.17, 15) is 14.5 Å². The predicted octanol–water partition coefficient (Wildman–Crippen LogP) is 2.74. The van der Waals surface area contributed by atoms with Gasteiger partial charge in [0.2, 0.25) is 0 Å². The zero-order valence-corrected chi connectivity index (χ0v) is 15.6. The number of aromatic hydroxyl groups is 1. The number of rotatable bonds is 3. The van der Waals surface area contributed by atoms with Crippen molar-refractivity contribution in [1.29, 1.82) is 0 Å². The van der Waals surface area contributed by atoms with E-state index in [-0.39, 0.29) is 17.1 Å². The second-order valence-electron chi connectivity index (χ2n) is 6.76. The zero-order valence-electron chi connectivity index (χ0n) is 13.9. The van der Waals surface area contributed by atoms with Crippen LogP contribution < -0.4 is 0 Å². The quantitative estimate of drug-likeness (QED) is 0.558. The highest BCUT2D eigenvalue weighted by atomic mass is 32.2. The lowest BCUT2D eigenvalue weighted by atomic mass is 9.85. The third kappa shape index (κ3) is 4.86. The van der Waals surface area contributed by atoms with E-state index in [1.165, 1.54) is 16.7 Å². The fourth-order valence-corrected chi connectivity index (χ4v) is 4.16. The van der Waals surface area contributed by atoms with Gasteiger partial charge < -0.3 is 19.8 Å². The molecule has 8 heteroatoms. The second-order valence-corrected chi connectivity index (χ2v) is 9.51. The molecule has 2 rings (SSSR count). The predicted molar refractivity (Wildman–Crippen MR) is 95.9 cm³/mol. The first kappa shape index (κ1) is 19.1. The normalized spacial score (nSPS) is 18.3. The first-order valence-electron chi connectivity index (χ1n) is 7.49. The van der Waals surface area contributed by atoms with Crippen LogP contribution in [0.2, 0.25) is 0 Å². The fraction of sp³-hybridized carbons (Fsp3) is 0.438. The van der Waals surface area contributed by atoms with Gasteiger partial charge >= 0.3 is 7.60 Å². The minimum Gasteiger partial charge on any atom is -0.508 e. The van der Waals surface area contributed by atoms with Gasteiger partial charge in [-0.25, -0.2) is 0 Å². The number of benzene rings is 1. The molecule has 0 atom stereocenters. The third-order valence-corrected chi connectivity index (χ3v) is 5.30. The Kier molecular flexibility index (Phi) is 5.50. The Labute approximate surface area is 145 Å². The monoisotopic (exact) mass is 371 g/mol. The molecule has 1 saturated heterocycles. The maximum atomic E-state index is 12.4. The Morgan fingerprint density at radius 3 is 2.58 bits per heavy atom. The Hall–Kier alpha value is -1.27. The Morgan fingerprint density at radius 1 is 1.33 bits per heavy atom. The molecule has 1 fully saturated rings. The van der Waals surface area contributed by atoms with E-state index >= 15 is 0 Å². The van der Waals surface area contributed by atoms with Gasteiger partial charge in [-0.2, -0.15) is 0 Å². The van der Waals surface area contributed by atoms with Gasteiger partial charge in [0.25, 0.3) is 5.91 Å². The lowest BCUT2D eigenvalue weighted by Crippen LogP contribution is -2.37. The lowest BCUT2D eigenvalue weighted by Gasteiger charge is -2.28. The SMILES string of the molecule is CC(C)(C)c1cc(/C=C2\SCCN(CP(=O)(O)O)C2=O)ccc1O. The Bertz CT molecular complexity index is 720. The molecule has 1 amide bonds. The molecule has 0 bridgehead atoms. The summed E-state index contributed by atoms with van der Waals surface area (Å²) in [5, 5.41) is 10.0. The molecule has 6 nitrogen and oxygen atoms in total. The summed E-state index contributed by atoms with van der Waals surface area (Å²) in [7, 11) is -4.28. The molecule has 0 spiro atoms. The lowest BCUT2D eigenvalue weighted by molar-refractivity contribution is -0.125. The van der Waals surface area contributed by atoms with E-state index in [0.717, 1.165) is 11.1 Å². The van der Waals surface area contributed by atoms with Crippen molar-refractivity contribution >= 4 is 31.3 Å². The average molecular weight is 371 g/mol. The first-order valence-corrected chi connectivity index (χ1v) is 10.3. The van der Waals surface area contributed by atoms with Gasteiger partial charge in [-0.15, -0.1) is 11.8 Å². The molecule has 3 N–H and O–H groups in total. The van der Waals surface area contributed by atoms with Gasteiger partial charge in [0, 0.05) is 12.3 Å². The molecule has 1 heterocycles. The minimum atomic E-state index is -4.28. The highest BCUT2D eigenvalue weighted by Gasteiger charge is 2.29. The highest BCUT2D eigenvalue weighted by molar-refractivity contribution is 8.04. The molecule has 0 unspecified atom stereocenters. The number of nitrogens with zero attached hydrogens (tertiary/aromatic N) is 1. The van der Waals surface area contributed by atoms with Crippen molar-refractivity contribution in [3.8, 4) is 5.75 Å². The van der Waals surface area contributed by atoms with Crippen molar-refractivity contribution in [3.63, 3.8) is 0 Å². The number of phenolic OH excluding ortho intramolecular Hbond substituents is 1. The van der Waals surface area contributed by atoms with Crippen molar-refractivity contribution in [2.45, 2.75) is 26.2 Å². The molecule has 1 aliphatic rings. The van der Waals surface area contributed by atoms with Crippen LogP contribution in [0.5, 0.6) is 5.75 Å². The van der Waals surface area contributed by atoms with Crippen LogP contribution in [0.4, 0.5) is 0 Å². The maximum absolute atomic E-state index is 12.4. The summed E-state index contributed by atoms with van der Waals surface area (Å²) < 4.78 is 11.1. The Balaban J connectivity index is 2.30. The van der Waals surface area contributed by atoms with E-state index in [0.29, 0.717) is 17.2 Å². The molecular weight excluding hydrogens is 349 g/mol. The summed E-state index contributed by atoms with van der Waals surface area (Å²) in [6.45, 7) is 6.28. The van der Waals surface area contributed by atoms with Crippen LogP contribution in [-0.4, -0.2) is 44.3 Å². The number of thioether (sulfide) groups is 1. The van der Waals surface area contributed by atoms with Crippen molar-refractivity contribution < 1.29 is 24.3 Å². The molecule has 1 aromatic rings. The van der Waals surface area contributed by atoms with E-state index in [1.807, 2.05) is 26.8 Å². The van der Waals surface area contributed by atoms with Crippen LogP contribution in [0.25, 0.3) is 6.08 Å². The van der Waals surface area contributed by atoms with Crippen molar-refractivity contribution in [2.24, 2.45) is 0 Å². The van der Waals surface area contributed by atoms with Crippen molar-refractivity contribution in [2.75, 3.05) is 18.6 Å². The fourth-order valence-electron chi connectivity index (χ4n) is 2.44. The Morgan fingerprint density at radius 2 is 2.00 bits per heavy atom. The molecule has 132 valence electrons. The molecule has 0 aliphatic carbocycles. The molecule has 0 radical (unpaired) electrons. The van der Waals surface area contributed by atoms with E-state index in [2.05, 4.69) is 0 Å². The molecule has 0 aromatic heterocycles. The van der Waals surface area contributed by atoms with Crippen LogP contribution in [-0.2, 0) is 14.8 Å². The van der Waals surface area contributed by atoms with Crippen LogP contribution in [0, 0.1) is 0 Å². The summed E-state index contributed by atoms with van der Waals surface area (Å²) in [5.41, 5.74) is 1.30. The van der Waals surface area contributed by atoms with Crippen LogP contribution in [0.15, 0.2) is 23.1 Å². The summed E-state index contributed by atoms with van der Waals surface area (Å²) in [5.74, 6) is 0.414. The number of hydrogen-bond acceptors (Lipinski definition) is 4. The minimum absolute atomic E-state index is 0.204. The maximum Gasteiger partial charge on any atom is 0.344 e. The van der Waals surface area contributed by atoms with E-state index in [4.69, 9.17) is 9.79 Å². The van der Waals surface area contributed by atoms with Crippen molar-refractivity contribution in [1.82, 2.24) is 4.90 Å². The van der Waals surface area contributed by atoms with E-state index < -0.39 is 13.9 Å². The van der Waals surface area contributed by atoms with E-state index in [1.54, 1.807) is 18.2 Å². The van der Waals surface area contributed by atoms with Gasteiger partial charge in [-0.05, 0) is 34.8 Å². The molecular formula is C16H22NO5PS. The number of carbonyl (C=O) groups is 1. The van der Waals surface area contributed by atoms with Crippen LogP contribution >= 0.6 is 19.4 Å². The van der Waals surface area contributed by atoms with Crippen LogP contribution in [0.3, 0.4) is 0 Å². The standard InChI is InChI=1S/C16H22NO5PS/c1-16(2,3)12-8-11(4-5-13(12)18)9-14-15(19)17(6-7-24-14)10-23(20,21)22/h4-5,8-9,18H,6-7,10H2,1-3H3,(H2,20,21,22)/b14-9-. The third-order valence-electron chi connectivity index (χ3n) is 3.60. The molecule has 24 heavy (non-hydrogen) atoms. The number of amides is 1. The topological polar surface area (TPSA) is 98.1 Å². The number of hydrogen-bond donors (Lipinski definition) is 3. The number of carbonyl (C=O) groups excluding carboxylic acids is 1. The summed E-state index contributed by atoms with van der Waals surface area (Å²) in [6, 6.07) is 5.14. The molecule has 1 aromatic carbocycles. The van der Waals surface area contributed by atoms with Crippen molar-refractivity contribution in [3.05, 3.63) is 34.2 Å². The first-order chi connectivity index (χ1) is 11.0. The van der Waals surface area contributed by atoms with Gasteiger partial charge in [-0.1, -0.05) is 26.8 Å². The van der Waals surface area contributed by atoms with Crippen LogP contribution in [0.1, 0.15) is 31.9 Å². The smallest absolute Gasteiger partial charge is 0.344 e. The number of phenols is 1. The summed E-state index contributed by atoms with van der Waals surface area (Å²) in [6.07, 6.45) is 1.14. The van der Waals surface area contributed by atoms with Gasteiger partial charge in [0.15, 0.2) is 0 Å². The highest BCUT2D eigenvalue weighted by Crippen LogP contribution is 2.38.